The number of hydrogen-bond acceptors (Lipinski definition) is 4. The molecule has 0 saturated heterocycles. The Kier molecular flexibility index (Phi) is 8.45. The molecule has 1 atom stereocenters. The summed E-state index contributed by atoms with van der Waals surface area (Å²) in [6.07, 6.45) is 0. The molecule has 2 rings (SSSR count). The molecule has 2 aromatic carbocycles. The number of rotatable bonds is 7. The van der Waals surface area contributed by atoms with E-state index in [1.54, 1.807) is 14.2 Å². The molecule has 0 fully saturated rings. The van der Waals surface area contributed by atoms with E-state index in [0.29, 0.717) is 7.23 Å². The third-order valence-electron chi connectivity index (χ3n) is 2.63. The molecule has 22 heavy (non-hydrogen) atoms. The number of ether oxygens (including phenoxy) is 2. The zero-order valence-corrected chi connectivity index (χ0v) is 15.7. The second-order valence-electron chi connectivity index (χ2n) is 3.96. The molecule has 0 spiro atoms. The van der Waals surface area contributed by atoms with Crippen LogP contribution in [0.25, 0.3) is 0 Å². The first kappa shape index (κ1) is 18.9. The Bertz CT molecular complexity index is 501. The molecule has 0 saturated carbocycles. The summed E-state index contributed by atoms with van der Waals surface area (Å²) in [4.78, 5) is 0. The van der Waals surface area contributed by atoms with Crippen LogP contribution >= 0.6 is 19.6 Å². The number of hydrogen-bond donors (Lipinski definition) is 0. The first-order valence-corrected chi connectivity index (χ1v) is 10.7. The fraction of sp³-hybridized carbons (Fsp3) is 0.200. The Morgan fingerprint density at radius 3 is 1.27 bits per heavy atom. The summed E-state index contributed by atoms with van der Waals surface area (Å²) in [5.74, 6) is 3.25. The van der Waals surface area contributed by atoms with E-state index in [9.17, 15) is 0 Å². The normalized spacial score (nSPS) is 10.4. The molecule has 0 amide bonds. The molecule has 0 aliphatic carbocycles. The van der Waals surface area contributed by atoms with Crippen LogP contribution in [-0.4, -0.2) is 20.9 Å². The van der Waals surface area contributed by atoms with Gasteiger partial charge in [-0.2, -0.15) is 0 Å². The van der Waals surface area contributed by atoms with Gasteiger partial charge in [-0.05, 0) is 0 Å². The number of benzene rings is 2. The predicted molar refractivity (Wildman–Crippen MR) is 88.7 cm³/mol. The maximum Gasteiger partial charge on any atom is -0.147 e. The van der Waals surface area contributed by atoms with E-state index in [4.69, 9.17) is 17.1 Å². The van der Waals surface area contributed by atoms with Crippen molar-refractivity contribution in [2.75, 3.05) is 20.9 Å². The van der Waals surface area contributed by atoms with E-state index in [1.165, 1.54) is 0 Å². The monoisotopic (exact) mass is 381 g/mol. The van der Waals surface area contributed by atoms with Crippen molar-refractivity contribution in [1.29, 1.82) is 0 Å². The van der Waals surface area contributed by atoms with Crippen molar-refractivity contribution >= 4 is 19.6 Å². The molecule has 4 nitrogen and oxygen atoms in total. The molecule has 121 valence electrons. The van der Waals surface area contributed by atoms with Crippen LogP contribution in [0.4, 0.5) is 0 Å². The van der Waals surface area contributed by atoms with Gasteiger partial charge in [0.05, 0.1) is 0 Å². The molecule has 0 radical (unpaired) electrons. The van der Waals surface area contributed by atoms with Gasteiger partial charge in [0.25, 0.3) is 0 Å². The molecule has 7 heteroatoms. The predicted octanol–water partition coefficient (Wildman–Crippen LogP) is 4.25. The first-order chi connectivity index (χ1) is 10.2. The van der Waals surface area contributed by atoms with Crippen LogP contribution in [0.1, 0.15) is 0 Å². The van der Waals surface area contributed by atoms with Crippen molar-refractivity contribution in [3.63, 3.8) is 0 Å². The minimum atomic E-state index is -1.62. The van der Waals surface area contributed by atoms with Crippen LogP contribution < -0.4 is 17.1 Å². The van der Waals surface area contributed by atoms with E-state index in [0.717, 1.165) is 23.0 Å². The average molecular weight is 382 g/mol. The van der Waals surface area contributed by atoms with Gasteiger partial charge in [0, 0.05) is 0 Å². The standard InChI is InChI=1S/2C7H8O2.CH4P.ClH.Cr/c2*1-9-7-4-2-6(8)3-5-7;1-2;;/h2*2-5,8H,1H3;2H,1H3;1H;/q;;-1;;+3/p-2. The average Bonchev–Trinajstić information content (AvgIpc) is 2.55. The third-order valence-corrected chi connectivity index (χ3v) is 6.29. The second kappa shape index (κ2) is 9.82. The molecular weight excluding hydrogens is 363 g/mol. The van der Waals surface area contributed by atoms with Gasteiger partial charge in [-0.25, -0.2) is 0 Å². The third kappa shape index (κ3) is 5.59. The maximum atomic E-state index is 5.95. The van der Waals surface area contributed by atoms with E-state index in [-0.39, 0.29) is 12.4 Å². The van der Waals surface area contributed by atoms with E-state index < -0.39 is 14.4 Å². The fourth-order valence-corrected chi connectivity index (χ4v) is 4.22. The summed E-state index contributed by atoms with van der Waals surface area (Å²) in [5, 5.41) is 0. The molecule has 0 aliphatic heterocycles. The first-order valence-electron chi connectivity index (χ1n) is 6.31. The van der Waals surface area contributed by atoms with E-state index in [2.05, 4.69) is 6.66 Å². The summed E-state index contributed by atoms with van der Waals surface area (Å²) < 4.78 is 22.2. The Labute approximate surface area is 143 Å². The Morgan fingerprint density at radius 2 is 1.00 bits per heavy atom. The maximum absolute atomic E-state index is 5.95. The van der Waals surface area contributed by atoms with Gasteiger partial charge >= 0.3 is 131 Å². The van der Waals surface area contributed by atoms with E-state index in [1.807, 2.05) is 48.5 Å². The van der Waals surface area contributed by atoms with Gasteiger partial charge in [0.1, 0.15) is 0 Å². The van der Waals surface area contributed by atoms with Crippen LogP contribution in [0.15, 0.2) is 48.5 Å². The minimum absolute atomic E-state index is 0. The van der Waals surface area contributed by atoms with Crippen molar-refractivity contribution in [2.45, 2.75) is 0 Å². The Hall–Kier alpha value is -1.11. The molecule has 0 aromatic heterocycles. The topological polar surface area (TPSA) is 36.9 Å². The second-order valence-corrected chi connectivity index (χ2v) is 8.91. The van der Waals surface area contributed by atoms with Crippen molar-refractivity contribution in [1.82, 2.24) is 0 Å². The molecule has 0 N–H and O–H groups in total. The van der Waals surface area contributed by atoms with Crippen LogP contribution in [-0.2, 0) is 14.4 Å². The van der Waals surface area contributed by atoms with Crippen LogP contribution in [0.2, 0.25) is 0 Å². The molecule has 0 bridgehead atoms. The van der Waals surface area contributed by atoms with Gasteiger partial charge in [-0.1, -0.05) is 0 Å². The Morgan fingerprint density at radius 1 is 0.682 bits per heavy atom. The summed E-state index contributed by atoms with van der Waals surface area (Å²) in [6.45, 7) is 2.09. The molecule has 0 heterocycles. The van der Waals surface area contributed by atoms with Crippen molar-refractivity contribution < 1.29 is 31.4 Å². The smallest absolute Gasteiger partial charge is 0.147 e. The summed E-state index contributed by atoms with van der Waals surface area (Å²) in [6, 6.07) is 15.1. The van der Waals surface area contributed by atoms with Crippen LogP contribution in [0.5, 0.6) is 23.0 Å². The van der Waals surface area contributed by atoms with Crippen LogP contribution in [0.3, 0.4) is 0 Å². The van der Waals surface area contributed by atoms with Crippen LogP contribution in [0, 0.1) is 0 Å². The summed E-state index contributed by atoms with van der Waals surface area (Å²) in [7, 11) is 3.90. The zero-order valence-electron chi connectivity index (χ0n) is 12.6. The zero-order chi connectivity index (χ0) is 15.1. The molecule has 1 unspecified atom stereocenters. The van der Waals surface area contributed by atoms with E-state index >= 15 is 0 Å². The van der Waals surface area contributed by atoms with Crippen molar-refractivity contribution in [3.05, 3.63) is 48.5 Å². The minimum Gasteiger partial charge on any atom is -0.147 e. The number of halogens is 1. The van der Waals surface area contributed by atoms with Crippen molar-refractivity contribution in [3.8, 4) is 23.0 Å². The molecule has 0 aliphatic rings. The molecule has 2 aromatic rings. The van der Waals surface area contributed by atoms with Gasteiger partial charge in [-0.3, -0.25) is 0 Å². The number of methoxy groups -OCH3 is 2. The van der Waals surface area contributed by atoms with Gasteiger partial charge < -0.3 is 0 Å². The van der Waals surface area contributed by atoms with Crippen molar-refractivity contribution in [2.24, 2.45) is 0 Å². The van der Waals surface area contributed by atoms with Gasteiger partial charge in [0.15, 0.2) is 0 Å². The summed E-state index contributed by atoms with van der Waals surface area (Å²) in [5.41, 5.74) is 0. The fourth-order valence-electron chi connectivity index (χ4n) is 1.54. The SMILES string of the molecule is COc1ccc([O][Cr]([O]c2ccc(OC)cc2)[PH]C)cc1.Cl. The quantitative estimate of drug-likeness (QED) is 0.672. The molecular formula is C15H19ClCrO4P. The van der Waals surface area contributed by atoms with Gasteiger partial charge in [-0.15, -0.1) is 12.4 Å². The largest absolute Gasteiger partial charge is 0.147 e. The van der Waals surface area contributed by atoms with Gasteiger partial charge in [0.2, 0.25) is 0 Å². The summed E-state index contributed by atoms with van der Waals surface area (Å²) >= 11 is -1.62. The Balaban J connectivity index is 0.00000242.